The van der Waals surface area contributed by atoms with Gasteiger partial charge in [-0.3, -0.25) is 9.79 Å². The number of para-hydroxylation sites is 1. The molecule has 1 amide bonds. The molecule has 3 nitrogen and oxygen atoms in total. The number of halogens is 1. The number of aliphatic imine (C=N–C) groups is 1. The Morgan fingerprint density at radius 3 is 2.90 bits per heavy atom. The molecule has 0 aromatic heterocycles. The highest BCUT2D eigenvalue weighted by molar-refractivity contribution is 6.12. The quantitative estimate of drug-likeness (QED) is 0.854. The van der Waals surface area contributed by atoms with Crippen molar-refractivity contribution >= 4 is 17.8 Å². The summed E-state index contributed by atoms with van der Waals surface area (Å²) in [6.07, 6.45) is 1.63. The highest BCUT2D eigenvalue weighted by atomic mass is 19.1. The average Bonchev–Trinajstić information content (AvgIpc) is 2.75. The first-order valence-corrected chi connectivity index (χ1v) is 6.38. The van der Waals surface area contributed by atoms with Crippen molar-refractivity contribution in [2.75, 3.05) is 5.32 Å². The van der Waals surface area contributed by atoms with Gasteiger partial charge in [-0.25, -0.2) is 4.39 Å². The van der Waals surface area contributed by atoms with Gasteiger partial charge in [0.1, 0.15) is 11.7 Å². The van der Waals surface area contributed by atoms with Crippen LogP contribution in [0, 0.1) is 5.82 Å². The van der Waals surface area contributed by atoms with Crippen LogP contribution < -0.4 is 5.32 Å². The first kappa shape index (κ1) is 12.5. The molecule has 0 saturated heterocycles. The Morgan fingerprint density at radius 1 is 1.20 bits per heavy atom. The largest absolute Gasteiger partial charge is 0.325 e. The van der Waals surface area contributed by atoms with E-state index in [2.05, 4.69) is 10.3 Å². The minimum Gasteiger partial charge on any atom is -0.325 e. The number of carbonyl (C=O) groups is 1. The molecular formula is C16H13FN2O. The molecule has 0 spiro atoms. The summed E-state index contributed by atoms with van der Waals surface area (Å²) >= 11 is 0. The maximum Gasteiger partial charge on any atom is 0.237 e. The molecule has 4 heteroatoms. The Balaban J connectivity index is 1.75. The third-order valence-corrected chi connectivity index (χ3v) is 3.25. The van der Waals surface area contributed by atoms with Gasteiger partial charge >= 0.3 is 0 Å². The SMILES string of the molecule is O=C1Nc2ccccc2[C@H]1C=NCc1cccc(F)c1. The van der Waals surface area contributed by atoms with Crippen LogP contribution in [0.15, 0.2) is 53.5 Å². The van der Waals surface area contributed by atoms with Gasteiger partial charge in [0.2, 0.25) is 5.91 Å². The van der Waals surface area contributed by atoms with Crippen LogP contribution in [0.5, 0.6) is 0 Å². The fourth-order valence-corrected chi connectivity index (χ4v) is 2.28. The molecule has 1 N–H and O–H groups in total. The maximum absolute atomic E-state index is 13.0. The predicted octanol–water partition coefficient (Wildman–Crippen LogP) is 3.13. The smallest absolute Gasteiger partial charge is 0.237 e. The maximum atomic E-state index is 13.0. The van der Waals surface area contributed by atoms with Gasteiger partial charge in [0.25, 0.3) is 0 Å². The van der Waals surface area contributed by atoms with E-state index < -0.39 is 0 Å². The number of amides is 1. The first-order valence-electron chi connectivity index (χ1n) is 6.38. The number of nitrogens with one attached hydrogen (secondary N) is 1. The molecule has 3 rings (SSSR count). The van der Waals surface area contributed by atoms with Gasteiger partial charge in [-0.2, -0.15) is 0 Å². The molecule has 100 valence electrons. The number of hydrogen-bond donors (Lipinski definition) is 1. The number of hydrogen-bond acceptors (Lipinski definition) is 2. The summed E-state index contributed by atoms with van der Waals surface area (Å²) in [5.41, 5.74) is 2.55. The molecule has 2 aromatic rings. The number of rotatable bonds is 3. The lowest BCUT2D eigenvalue weighted by Gasteiger charge is -2.01. The molecule has 0 aliphatic carbocycles. The van der Waals surface area contributed by atoms with E-state index in [1.807, 2.05) is 30.3 Å². The first-order chi connectivity index (χ1) is 9.74. The van der Waals surface area contributed by atoms with Crippen molar-refractivity contribution < 1.29 is 9.18 Å². The minimum atomic E-state index is -0.361. The van der Waals surface area contributed by atoms with E-state index in [9.17, 15) is 9.18 Å². The summed E-state index contributed by atoms with van der Waals surface area (Å²) in [4.78, 5) is 16.1. The van der Waals surface area contributed by atoms with Crippen molar-refractivity contribution in [2.24, 2.45) is 4.99 Å². The van der Waals surface area contributed by atoms with E-state index in [4.69, 9.17) is 0 Å². The average molecular weight is 268 g/mol. The molecular weight excluding hydrogens is 255 g/mol. The van der Waals surface area contributed by atoms with Crippen LogP contribution in [0.25, 0.3) is 0 Å². The fourth-order valence-electron chi connectivity index (χ4n) is 2.28. The minimum absolute atomic E-state index is 0.0748. The highest BCUT2D eigenvalue weighted by Crippen LogP contribution is 2.30. The zero-order valence-corrected chi connectivity index (χ0v) is 10.7. The molecule has 20 heavy (non-hydrogen) atoms. The molecule has 2 aromatic carbocycles. The molecule has 1 heterocycles. The van der Waals surface area contributed by atoms with Crippen LogP contribution in [0.1, 0.15) is 17.0 Å². The van der Waals surface area contributed by atoms with Crippen molar-refractivity contribution in [3.63, 3.8) is 0 Å². The molecule has 0 unspecified atom stereocenters. The van der Waals surface area contributed by atoms with Gasteiger partial charge in [0.05, 0.1) is 6.54 Å². The Hall–Kier alpha value is -2.49. The van der Waals surface area contributed by atoms with Crippen molar-refractivity contribution in [3.8, 4) is 0 Å². The van der Waals surface area contributed by atoms with E-state index in [1.165, 1.54) is 12.1 Å². The van der Waals surface area contributed by atoms with Gasteiger partial charge < -0.3 is 5.32 Å². The monoisotopic (exact) mass is 268 g/mol. The lowest BCUT2D eigenvalue weighted by molar-refractivity contribution is -0.115. The molecule has 0 radical (unpaired) electrons. The third kappa shape index (κ3) is 2.45. The van der Waals surface area contributed by atoms with Crippen LogP contribution in [0.2, 0.25) is 0 Å². The van der Waals surface area contributed by atoms with E-state index in [0.29, 0.717) is 6.54 Å². The number of benzene rings is 2. The second-order valence-electron chi connectivity index (χ2n) is 4.67. The second kappa shape index (κ2) is 5.25. The van der Waals surface area contributed by atoms with E-state index >= 15 is 0 Å². The van der Waals surface area contributed by atoms with Crippen molar-refractivity contribution in [1.29, 1.82) is 0 Å². The van der Waals surface area contributed by atoms with Crippen LogP contribution in [-0.4, -0.2) is 12.1 Å². The van der Waals surface area contributed by atoms with E-state index in [1.54, 1.807) is 12.3 Å². The molecule has 1 aliphatic heterocycles. The molecule has 1 aliphatic rings. The van der Waals surface area contributed by atoms with Crippen LogP contribution in [0.3, 0.4) is 0 Å². The van der Waals surface area contributed by atoms with Gasteiger partial charge in [-0.15, -0.1) is 0 Å². The summed E-state index contributed by atoms with van der Waals surface area (Å²) in [7, 11) is 0. The van der Waals surface area contributed by atoms with Gasteiger partial charge in [0, 0.05) is 11.9 Å². The Labute approximate surface area is 116 Å². The standard InChI is InChI=1S/C16H13FN2O/c17-12-5-3-4-11(8-12)9-18-10-14-13-6-1-2-7-15(13)19-16(14)20/h1-8,10,14H,9H2,(H,19,20)/t14-/m1/s1. The fraction of sp³-hybridized carbons (Fsp3) is 0.125. The van der Waals surface area contributed by atoms with E-state index in [-0.39, 0.29) is 17.6 Å². The van der Waals surface area contributed by atoms with Crippen molar-refractivity contribution in [3.05, 3.63) is 65.5 Å². The van der Waals surface area contributed by atoms with Crippen molar-refractivity contribution in [1.82, 2.24) is 0 Å². The van der Waals surface area contributed by atoms with Crippen LogP contribution in [0.4, 0.5) is 10.1 Å². The van der Waals surface area contributed by atoms with Gasteiger partial charge in [-0.1, -0.05) is 30.3 Å². The molecule has 0 fully saturated rings. The lowest BCUT2D eigenvalue weighted by atomic mass is 10.0. The van der Waals surface area contributed by atoms with Gasteiger partial charge in [0.15, 0.2) is 0 Å². The van der Waals surface area contributed by atoms with Gasteiger partial charge in [-0.05, 0) is 29.3 Å². The topological polar surface area (TPSA) is 41.5 Å². The van der Waals surface area contributed by atoms with Crippen LogP contribution >= 0.6 is 0 Å². The number of nitrogens with zero attached hydrogens (tertiary/aromatic N) is 1. The third-order valence-electron chi connectivity index (χ3n) is 3.25. The summed E-state index contributed by atoms with van der Waals surface area (Å²) in [6, 6.07) is 13.9. The Bertz CT molecular complexity index is 682. The zero-order chi connectivity index (χ0) is 13.9. The predicted molar refractivity (Wildman–Crippen MR) is 76.4 cm³/mol. The summed E-state index contributed by atoms with van der Waals surface area (Å²) < 4.78 is 13.0. The van der Waals surface area contributed by atoms with E-state index in [0.717, 1.165) is 16.8 Å². The van der Waals surface area contributed by atoms with Crippen LogP contribution in [-0.2, 0) is 11.3 Å². The number of carbonyl (C=O) groups excluding carboxylic acids is 1. The highest BCUT2D eigenvalue weighted by Gasteiger charge is 2.28. The van der Waals surface area contributed by atoms with Crippen molar-refractivity contribution in [2.45, 2.75) is 12.5 Å². The second-order valence-corrected chi connectivity index (χ2v) is 4.67. The molecule has 1 atom stereocenters. The Morgan fingerprint density at radius 2 is 2.05 bits per heavy atom. The lowest BCUT2D eigenvalue weighted by Crippen LogP contribution is -2.13. The number of fused-ring (bicyclic) bond motifs is 1. The normalized spacial score (nSPS) is 17.2. The molecule has 0 bridgehead atoms. The summed E-state index contributed by atoms with van der Waals surface area (Å²) in [6.45, 7) is 0.365. The number of anilines is 1. The zero-order valence-electron chi connectivity index (χ0n) is 10.7. The Kier molecular flexibility index (Phi) is 3.29. The molecule has 0 saturated carbocycles. The summed E-state index contributed by atoms with van der Waals surface area (Å²) in [5.74, 6) is -0.712. The summed E-state index contributed by atoms with van der Waals surface area (Å²) in [5, 5.41) is 2.82.